The van der Waals surface area contributed by atoms with Gasteiger partial charge in [-0.05, 0) is 31.4 Å². The average molecular weight is 404 g/mol. The van der Waals surface area contributed by atoms with E-state index in [1.165, 1.54) is 38.5 Å². The molecule has 0 spiro atoms. The van der Waals surface area contributed by atoms with Gasteiger partial charge in [0.05, 0.1) is 6.61 Å². The normalized spacial score (nSPS) is 10.7. The van der Waals surface area contributed by atoms with Crippen LogP contribution in [0.15, 0.2) is 30.3 Å². The molecule has 164 valence electrons. The second-order valence-corrected chi connectivity index (χ2v) is 7.78. The number of benzene rings is 1. The van der Waals surface area contributed by atoms with Crippen LogP contribution in [0.4, 0.5) is 5.69 Å². The summed E-state index contributed by atoms with van der Waals surface area (Å²) in [6.45, 7) is 5.59. The summed E-state index contributed by atoms with van der Waals surface area (Å²) in [7, 11) is 0. The van der Waals surface area contributed by atoms with Crippen LogP contribution in [-0.4, -0.2) is 25.0 Å². The molecule has 0 aliphatic carbocycles. The zero-order valence-electron chi connectivity index (χ0n) is 18.7. The standard InChI is InChI=1S/C25H41NO3/c1-3-5-7-8-9-10-11-15-22-29-25(28)20-16-19-24(27)26(21-6-4-2)23-17-13-12-14-18-23/h12-14,17-18H,3-11,15-16,19-22H2,1-2H3. The lowest BCUT2D eigenvalue weighted by molar-refractivity contribution is -0.143. The fourth-order valence-electron chi connectivity index (χ4n) is 3.33. The number of hydrogen-bond donors (Lipinski definition) is 0. The minimum absolute atomic E-state index is 0.0838. The van der Waals surface area contributed by atoms with E-state index in [0.29, 0.717) is 25.9 Å². The molecular weight excluding hydrogens is 362 g/mol. The van der Waals surface area contributed by atoms with Gasteiger partial charge in [-0.15, -0.1) is 0 Å². The highest BCUT2D eigenvalue weighted by Crippen LogP contribution is 2.16. The lowest BCUT2D eigenvalue weighted by atomic mass is 10.1. The molecule has 0 radical (unpaired) electrons. The first kappa shape index (κ1) is 25.2. The van der Waals surface area contributed by atoms with Gasteiger partial charge < -0.3 is 9.64 Å². The highest BCUT2D eigenvalue weighted by molar-refractivity contribution is 5.93. The van der Waals surface area contributed by atoms with Crippen molar-refractivity contribution in [1.29, 1.82) is 0 Å². The van der Waals surface area contributed by atoms with E-state index in [1.807, 2.05) is 35.2 Å². The zero-order chi connectivity index (χ0) is 21.2. The summed E-state index contributed by atoms with van der Waals surface area (Å²) in [5.74, 6) is -0.0962. The van der Waals surface area contributed by atoms with Crippen LogP contribution < -0.4 is 4.90 Å². The topological polar surface area (TPSA) is 46.6 Å². The third-order valence-corrected chi connectivity index (χ3v) is 5.14. The van der Waals surface area contributed by atoms with Crippen molar-refractivity contribution in [3.63, 3.8) is 0 Å². The molecule has 1 rings (SSSR count). The van der Waals surface area contributed by atoms with E-state index >= 15 is 0 Å². The predicted molar refractivity (Wildman–Crippen MR) is 121 cm³/mol. The van der Waals surface area contributed by atoms with E-state index in [4.69, 9.17) is 4.74 Å². The lowest BCUT2D eigenvalue weighted by Crippen LogP contribution is -2.31. The summed E-state index contributed by atoms with van der Waals surface area (Å²) < 4.78 is 5.32. The fraction of sp³-hybridized carbons (Fsp3) is 0.680. The van der Waals surface area contributed by atoms with Gasteiger partial charge in [0, 0.05) is 25.1 Å². The molecule has 29 heavy (non-hydrogen) atoms. The van der Waals surface area contributed by atoms with Gasteiger partial charge in [0.1, 0.15) is 0 Å². The lowest BCUT2D eigenvalue weighted by Gasteiger charge is -2.22. The largest absolute Gasteiger partial charge is 0.466 e. The number of unbranched alkanes of at least 4 members (excludes halogenated alkanes) is 8. The summed E-state index contributed by atoms with van der Waals surface area (Å²) in [4.78, 5) is 26.4. The molecule has 4 heteroatoms. The molecule has 1 aromatic carbocycles. The number of nitrogens with zero attached hydrogens (tertiary/aromatic N) is 1. The number of ether oxygens (including phenoxy) is 1. The van der Waals surface area contributed by atoms with Crippen LogP contribution in [0.1, 0.15) is 97.3 Å². The van der Waals surface area contributed by atoms with Crippen LogP contribution in [0.3, 0.4) is 0 Å². The summed E-state index contributed by atoms with van der Waals surface area (Å²) in [5, 5.41) is 0. The Bertz CT molecular complexity index is 544. The van der Waals surface area contributed by atoms with Gasteiger partial charge in [-0.2, -0.15) is 0 Å². The summed E-state index contributed by atoms with van der Waals surface area (Å²) in [6, 6.07) is 9.78. The second kappa shape index (κ2) is 17.1. The molecule has 0 atom stereocenters. The zero-order valence-corrected chi connectivity index (χ0v) is 18.7. The van der Waals surface area contributed by atoms with Crippen molar-refractivity contribution in [3.8, 4) is 0 Å². The third-order valence-electron chi connectivity index (χ3n) is 5.14. The maximum Gasteiger partial charge on any atom is 0.305 e. The van der Waals surface area contributed by atoms with Gasteiger partial charge in [-0.3, -0.25) is 9.59 Å². The average Bonchev–Trinajstić information content (AvgIpc) is 2.73. The number of para-hydroxylation sites is 1. The van der Waals surface area contributed by atoms with E-state index in [9.17, 15) is 9.59 Å². The quantitative estimate of drug-likeness (QED) is 0.215. The van der Waals surface area contributed by atoms with Crippen molar-refractivity contribution in [2.75, 3.05) is 18.1 Å². The Kier molecular flexibility index (Phi) is 14.8. The first-order valence-electron chi connectivity index (χ1n) is 11.7. The first-order chi connectivity index (χ1) is 14.2. The molecule has 4 nitrogen and oxygen atoms in total. The number of carbonyl (C=O) groups excluding carboxylic acids is 2. The van der Waals surface area contributed by atoms with Gasteiger partial charge in [0.15, 0.2) is 0 Å². The molecule has 0 heterocycles. The summed E-state index contributed by atoms with van der Waals surface area (Å²) in [6.07, 6.45) is 13.1. The van der Waals surface area contributed by atoms with Crippen LogP contribution >= 0.6 is 0 Å². The molecule has 0 aliphatic heterocycles. The number of amides is 1. The van der Waals surface area contributed by atoms with E-state index < -0.39 is 0 Å². The van der Waals surface area contributed by atoms with Crippen molar-refractivity contribution in [3.05, 3.63) is 30.3 Å². The van der Waals surface area contributed by atoms with Gasteiger partial charge in [0.25, 0.3) is 0 Å². The molecule has 0 saturated heterocycles. The highest BCUT2D eigenvalue weighted by atomic mass is 16.5. The van der Waals surface area contributed by atoms with E-state index in [0.717, 1.165) is 37.9 Å². The molecule has 0 aromatic heterocycles. The maximum absolute atomic E-state index is 12.6. The van der Waals surface area contributed by atoms with E-state index in [-0.39, 0.29) is 11.9 Å². The molecule has 1 aromatic rings. The Balaban J connectivity index is 2.16. The van der Waals surface area contributed by atoms with E-state index in [1.54, 1.807) is 0 Å². The van der Waals surface area contributed by atoms with Crippen LogP contribution in [-0.2, 0) is 14.3 Å². The Morgan fingerprint density at radius 1 is 0.759 bits per heavy atom. The van der Waals surface area contributed by atoms with Gasteiger partial charge >= 0.3 is 5.97 Å². The molecule has 0 bridgehead atoms. The SMILES string of the molecule is CCCCCCCCCCOC(=O)CCCC(=O)N(CCCC)c1ccccc1. The molecule has 0 fully saturated rings. The van der Waals surface area contributed by atoms with Crippen LogP contribution in [0.25, 0.3) is 0 Å². The third kappa shape index (κ3) is 12.4. The number of rotatable bonds is 17. The molecule has 0 unspecified atom stereocenters. The van der Waals surface area contributed by atoms with Crippen LogP contribution in [0.2, 0.25) is 0 Å². The Morgan fingerprint density at radius 2 is 1.38 bits per heavy atom. The van der Waals surface area contributed by atoms with Crippen molar-refractivity contribution in [2.45, 2.75) is 97.3 Å². The Labute approximate surface area is 178 Å². The molecule has 0 aliphatic rings. The first-order valence-corrected chi connectivity index (χ1v) is 11.7. The predicted octanol–water partition coefficient (Wildman–Crippen LogP) is 6.67. The minimum Gasteiger partial charge on any atom is -0.466 e. The minimum atomic E-state index is -0.180. The number of hydrogen-bond acceptors (Lipinski definition) is 3. The number of anilines is 1. The summed E-state index contributed by atoms with van der Waals surface area (Å²) in [5.41, 5.74) is 0.934. The smallest absolute Gasteiger partial charge is 0.305 e. The molecule has 0 saturated carbocycles. The molecular formula is C25H41NO3. The number of carbonyl (C=O) groups is 2. The Hall–Kier alpha value is -1.84. The highest BCUT2D eigenvalue weighted by Gasteiger charge is 2.15. The van der Waals surface area contributed by atoms with Crippen LogP contribution in [0.5, 0.6) is 0 Å². The van der Waals surface area contributed by atoms with Gasteiger partial charge in [-0.25, -0.2) is 0 Å². The monoisotopic (exact) mass is 403 g/mol. The summed E-state index contributed by atoms with van der Waals surface area (Å²) >= 11 is 0. The maximum atomic E-state index is 12.6. The number of esters is 1. The van der Waals surface area contributed by atoms with Crippen molar-refractivity contribution in [1.82, 2.24) is 0 Å². The Morgan fingerprint density at radius 3 is 2.03 bits per heavy atom. The fourth-order valence-corrected chi connectivity index (χ4v) is 3.33. The van der Waals surface area contributed by atoms with Crippen molar-refractivity contribution < 1.29 is 14.3 Å². The van der Waals surface area contributed by atoms with Crippen LogP contribution in [0, 0.1) is 0 Å². The molecule has 0 N–H and O–H groups in total. The van der Waals surface area contributed by atoms with Crippen molar-refractivity contribution >= 4 is 17.6 Å². The van der Waals surface area contributed by atoms with Gasteiger partial charge in [0.2, 0.25) is 5.91 Å². The second-order valence-electron chi connectivity index (χ2n) is 7.78. The molecule has 1 amide bonds. The van der Waals surface area contributed by atoms with E-state index in [2.05, 4.69) is 13.8 Å². The van der Waals surface area contributed by atoms with Gasteiger partial charge in [-0.1, -0.05) is 83.4 Å². The van der Waals surface area contributed by atoms with Crippen molar-refractivity contribution in [2.24, 2.45) is 0 Å².